The molecule has 0 bridgehead atoms. The molecule has 0 amide bonds. The minimum absolute atomic E-state index is 0.356. The zero-order valence-electron chi connectivity index (χ0n) is 8.36. The normalized spacial score (nSPS) is 19.8. The van der Waals surface area contributed by atoms with Gasteiger partial charge in [0.15, 0.2) is 0 Å². The average molecular weight is 168 g/mol. The van der Waals surface area contributed by atoms with Gasteiger partial charge >= 0.3 is 0 Å². The molecule has 0 aromatic heterocycles. The molecule has 0 aliphatic heterocycles. The van der Waals surface area contributed by atoms with Crippen LogP contribution in [0.1, 0.15) is 46.0 Å². The zero-order chi connectivity index (χ0) is 9.03. The lowest BCUT2D eigenvalue weighted by atomic mass is 9.66. The third-order valence-electron chi connectivity index (χ3n) is 3.06. The summed E-state index contributed by atoms with van der Waals surface area (Å²) in [5.74, 6) is 1.04. The fourth-order valence-electron chi connectivity index (χ4n) is 1.81. The zero-order valence-corrected chi connectivity index (χ0v) is 8.36. The number of rotatable bonds is 5. The Balaban J connectivity index is 2.38. The summed E-state index contributed by atoms with van der Waals surface area (Å²) >= 11 is 0. The van der Waals surface area contributed by atoms with Crippen LogP contribution in [0.15, 0.2) is 12.3 Å². The summed E-state index contributed by atoms with van der Waals surface area (Å²) in [4.78, 5) is 0. The number of hydrogen-bond acceptors (Lipinski definition) is 1. The molecule has 1 saturated carbocycles. The topological polar surface area (TPSA) is 9.23 Å². The molecule has 1 rings (SSSR count). The molecule has 0 unspecified atom stereocenters. The van der Waals surface area contributed by atoms with Crippen molar-refractivity contribution in [1.82, 2.24) is 0 Å². The van der Waals surface area contributed by atoms with Crippen LogP contribution in [0.5, 0.6) is 0 Å². The predicted molar refractivity (Wildman–Crippen MR) is 52.0 cm³/mol. The lowest BCUT2D eigenvalue weighted by Gasteiger charge is -2.42. The molecule has 0 N–H and O–H groups in total. The van der Waals surface area contributed by atoms with Gasteiger partial charge in [-0.1, -0.05) is 26.8 Å². The maximum absolute atomic E-state index is 5.59. The Morgan fingerprint density at radius 2 is 2.08 bits per heavy atom. The molecule has 0 heterocycles. The Kier molecular flexibility index (Phi) is 3.19. The van der Waals surface area contributed by atoms with Gasteiger partial charge in [0, 0.05) is 5.41 Å². The van der Waals surface area contributed by atoms with E-state index < -0.39 is 0 Å². The van der Waals surface area contributed by atoms with Crippen molar-refractivity contribution >= 4 is 0 Å². The maximum Gasteiger partial charge on any atom is 0.0949 e. The van der Waals surface area contributed by atoms with E-state index in [0.29, 0.717) is 5.41 Å². The summed E-state index contributed by atoms with van der Waals surface area (Å²) in [5.41, 5.74) is 0.356. The standard InChI is InChI=1S/C11H20O/c1-4-9-12-10(3)11(5-2)7-6-8-11/h3-9H2,1-2H3. The molecule has 0 aromatic carbocycles. The molecule has 12 heavy (non-hydrogen) atoms. The largest absolute Gasteiger partial charge is 0.498 e. The smallest absolute Gasteiger partial charge is 0.0949 e. The second-order valence-corrected chi connectivity index (χ2v) is 3.76. The third-order valence-corrected chi connectivity index (χ3v) is 3.06. The monoisotopic (exact) mass is 168 g/mol. The Hall–Kier alpha value is -0.460. The second kappa shape index (κ2) is 3.97. The van der Waals surface area contributed by atoms with Crippen molar-refractivity contribution < 1.29 is 4.74 Å². The maximum atomic E-state index is 5.59. The molecule has 1 heteroatoms. The molecule has 0 radical (unpaired) electrons. The minimum atomic E-state index is 0.356. The first kappa shape index (κ1) is 9.63. The van der Waals surface area contributed by atoms with Crippen molar-refractivity contribution in [3.8, 4) is 0 Å². The van der Waals surface area contributed by atoms with Crippen molar-refractivity contribution in [2.24, 2.45) is 5.41 Å². The molecular weight excluding hydrogens is 148 g/mol. The van der Waals surface area contributed by atoms with Gasteiger partial charge in [0.25, 0.3) is 0 Å². The van der Waals surface area contributed by atoms with Crippen LogP contribution in [0.4, 0.5) is 0 Å². The van der Waals surface area contributed by atoms with Gasteiger partial charge in [-0.2, -0.15) is 0 Å². The molecule has 0 atom stereocenters. The molecule has 1 fully saturated rings. The number of ether oxygens (including phenoxy) is 1. The van der Waals surface area contributed by atoms with E-state index in [1.807, 2.05) is 0 Å². The molecule has 0 spiro atoms. The summed E-state index contributed by atoms with van der Waals surface area (Å²) in [7, 11) is 0. The van der Waals surface area contributed by atoms with E-state index in [0.717, 1.165) is 18.8 Å². The van der Waals surface area contributed by atoms with Crippen LogP contribution in [-0.4, -0.2) is 6.61 Å². The minimum Gasteiger partial charge on any atom is -0.498 e. The van der Waals surface area contributed by atoms with Crippen molar-refractivity contribution in [3.05, 3.63) is 12.3 Å². The van der Waals surface area contributed by atoms with Crippen LogP contribution in [0.3, 0.4) is 0 Å². The van der Waals surface area contributed by atoms with Gasteiger partial charge in [-0.3, -0.25) is 0 Å². The Morgan fingerprint density at radius 3 is 2.42 bits per heavy atom. The van der Waals surface area contributed by atoms with Crippen LogP contribution >= 0.6 is 0 Å². The van der Waals surface area contributed by atoms with Gasteiger partial charge in [0.1, 0.15) is 0 Å². The number of allylic oxidation sites excluding steroid dienone is 1. The van der Waals surface area contributed by atoms with Crippen molar-refractivity contribution in [3.63, 3.8) is 0 Å². The second-order valence-electron chi connectivity index (χ2n) is 3.76. The first-order valence-electron chi connectivity index (χ1n) is 5.07. The van der Waals surface area contributed by atoms with Crippen molar-refractivity contribution in [2.75, 3.05) is 6.61 Å². The summed E-state index contributed by atoms with van der Waals surface area (Å²) in [6.45, 7) is 9.24. The molecule has 1 aliphatic rings. The van der Waals surface area contributed by atoms with Crippen LogP contribution in [-0.2, 0) is 4.74 Å². The van der Waals surface area contributed by atoms with E-state index in [1.54, 1.807) is 0 Å². The van der Waals surface area contributed by atoms with Crippen molar-refractivity contribution in [1.29, 1.82) is 0 Å². The summed E-state index contributed by atoms with van der Waals surface area (Å²) in [6.07, 6.45) is 6.19. The van der Waals surface area contributed by atoms with Crippen molar-refractivity contribution in [2.45, 2.75) is 46.0 Å². The molecule has 0 aromatic rings. The fourth-order valence-corrected chi connectivity index (χ4v) is 1.81. The van der Waals surface area contributed by atoms with Crippen LogP contribution in [0.25, 0.3) is 0 Å². The van der Waals surface area contributed by atoms with Crippen LogP contribution in [0, 0.1) is 5.41 Å². The third kappa shape index (κ3) is 1.65. The Bertz CT molecular complexity index is 151. The lowest BCUT2D eigenvalue weighted by molar-refractivity contribution is 0.0628. The van der Waals surface area contributed by atoms with Gasteiger partial charge in [0.2, 0.25) is 0 Å². The lowest BCUT2D eigenvalue weighted by Crippen LogP contribution is -2.31. The predicted octanol–water partition coefficient (Wildman–Crippen LogP) is 3.51. The first-order valence-corrected chi connectivity index (χ1v) is 5.07. The quantitative estimate of drug-likeness (QED) is 0.571. The Morgan fingerprint density at radius 1 is 1.42 bits per heavy atom. The highest BCUT2D eigenvalue weighted by Crippen LogP contribution is 2.49. The van der Waals surface area contributed by atoms with Gasteiger partial charge in [0.05, 0.1) is 12.4 Å². The van der Waals surface area contributed by atoms with E-state index in [2.05, 4.69) is 20.4 Å². The Labute approximate surface area is 75.8 Å². The molecule has 1 nitrogen and oxygen atoms in total. The van der Waals surface area contributed by atoms with Crippen LogP contribution < -0.4 is 0 Å². The number of hydrogen-bond donors (Lipinski definition) is 0. The highest BCUT2D eigenvalue weighted by atomic mass is 16.5. The van der Waals surface area contributed by atoms with Gasteiger partial charge < -0.3 is 4.74 Å². The highest BCUT2D eigenvalue weighted by molar-refractivity contribution is 5.07. The van der Waals surface area contributed by atoms with E-state index >= 15 is 0 Å². The van der Waals surface area contributed by atoms with Gasteiger partial charge in [-0.15, -0.1) is 0 Å². The van der Waals surface area contributed by atoms with E-state index in [9.17, 15) is 0 Å². The molecule has 70 valence electrons. The first-order chi connectivity index (χ1) is 5.75. The highest BCUT2D eigenvalue weighted by Gasteiger charge is 2.39. The summed E-state index contributed by atoms with van der Waals surface area (Å²) in [6, 6.07) is 0. The SMILES string of the molecule is C=C(OCCC)C1(CC)CCC1. The van der Waals surface area contributed by atoms with Crippen LogP contribution in [0.2, 0.25) is 0 Å². The molecule has 0 saturated heterocycles. The summed E-state index contributed by atoms with van der Waals surface area (Å²) < 4.78 is 5.59. The average Bonchev–Trinajstić information content (AvgIpc) is 2.00. The van der Waals surface area contributed by atoms with E-state index in [4.69, 9.17) is 4.74 Å². The van der Waals surface area contributed by atoms with Gasteiger partial charge in [-0.05, 0) is 25.7 Å². The molecular formula is C11H20O. The van der Waals surface area contributed by atoms with Gasteiger partial charge in [-0.25, -0.2) is 0 Å². The fraction of sp³-hybridized carbons (Fsp3) is 0.818. The van der Waals surface area contributed by atoms with E-state index in [-0.39, 0.29) is 0 Å². The van der Waals surface area contributed by atoms with E-state index in [1.165, 1.54) is 25.7 Å². The molecule has 1 aliphatic carbocycles. The summed E-state index contributed by atoms with van der Waals surface area (Å²) in [5, 5.41) is 0.